The highest BCUT2D eigenvalue weighted by Crippen LogP contribution is 2.14. The summed E-state index contributed by atoms with van der Waals surface area (Å²) in [4.78, 5) is 11.0. The maximum Gasteiger partial charge on any atom is 0.227 e. The van der Waals surface area contributed by atoms with Crippen molar-refractivity contribution in [2.75, 3.05) is 37.0 Å². The van der Waals surface area contributed by atoms with E-state index in [1.807, 2.05) is 18.2 Å². The van der Waals surface area contributed by atoms with E-state index in [0.717, 1.165) is 43.6 Å². The Bertz CT molecular complexity index is 584. The van der Waals surface area contributed by atoms with Crippen LogP contribution in [0.5, 0.6) is 5.75 Å². The Morgan fingerprint density at radius 3 is 2.73 bits per heavy atom. The topological polar surface area (TPSA) is 50.3 Å². The Labute approximate surface area is 132 Å². The van der Waals surface area contributed by atoms with Gasteiger partial charge in [-0.15, -0.1) is 0 Å². The third kappa shape index (κ3) is 4.35. The van der Waals surface area contributed by atoms with Crippen molar-refractivity contribution in [3.63, 3.8) is 0 Å². The van der Waals surface area contributed by atoms with Crippen molar-refractivity contribution in [1.82, 2.24) is 9.97 Å². The molecule has 0 aliphatic rings. The quantitative estimate of drug-likeness (QED) is 0.812. The van der Waals surface area contributed by atoms with Crippen LogP contribution in [0, 0.1) is 0 Å². The van der Waals surface area contributed by atoms with Gasteiger partial charge in [0.25, 0.3) is 0 Å². The zero-order valence-corrected chi connectivity index (χ0v) is 13.5. The average Bonchev–Trinajstić information content (AvgIpc) is 2.57. The van der Waals surface area contributed by atoms with Gasteiger partial charge >= 0.3 is 0 Å². The average molecular weight is 300 g/mol. The van der Waals surface area contributed by atoms with Crippen LogP contribution in [0.3, 0.4) is 0 Å². The van der Waals surface area contributed by atoms with Crippen LogP contribution in [-0.4, -0.2) is 36.7 Å². The first-order valence-electron chi connectivity index (χ1n) is 7.71. The molecule has 118 valence electrons. The molecule has 0 unspecified atom stereocenters. The van der Waals surface area contributed by atoms with Crippen molar-refractivity contribution in [3.05, 3.63) is 42.1 Å². The second kappa shape index (κ2) is 8.22. The minimum absolute atomic E-state index is 0.774. The van der Waals surface area contributed by atoms with Gasteiger partial charge in [-0.25, -0.2) is 4.98 Å². The van der Waals surface area contributed by atoms with Crippen molar-refractivity contribution in [2.45, 2.75) is 20.3 Å². The van der Waals surface area contributed by atoms with Gasteiger partial charge < -0.3 is 15.0 Å². The molecule has 0 saturated heterocycles. The molecule has 0 radical (unpaired) electrons. The standard InChI is InChI=1S/C17H24N4O/c1-4-21(5-2)17-19-12-10-16(20-17)18-11-9-14-7-6-8-15(13-14)22-3/h6-8,10,12-13H,4-5,9,11H2,1-3H3,(H,18,19,20). The molecule has 0 aliphatic carbocycles. The van der Waals surface area contributed by atoms with Gasteiger partial charge in [0, 0.05) is 25.8 Å². The van der Waals surface area contributed by atoms with Crippen molar-refractivity contribution < 1.29 is 4.74 Å². The first-order chi connectivity index (χ1) is 10.8. The van der Waals surface area contributed by atoms with Gasteiger partial charge in [-0.2, -0.15) is 4.98 Å². The van der Waals surface area contributed by atoms with Crippen LogP contribution in [0.2, 0.25) is 0 Å². The van der Waals surface area contributed by atoms with Gasteiger partial charge in [0.1, 0.15) is 11.6 Å². The van der Waals surface area contributed by atoms with Crippen LogP contribution >= 0.6 is 0 Å². The molecule has 0 fully saturated rings. The molecular weight excluding hydrogens is 276 g/mol. The molecular formula is C17H24N4O. The van der Waals surface area contributed by atoms with Gasteiger partial charge in [-0.1, -0.05) is 12.1 Å². The zero-order chi connectivity index (χ0) is 15.8. The molecule has 1 heterocycles. The number of rotatable bonds is 8. The fraction of sp³-hybridized carbons (Fsp3) is 0.412. The molecule has 22 heavy (non-hydrogen) atoms. The minimum atomic E-state index is 0.774. The number of hydrogen-bond acceptors (Lipinski definition) is 5. The zero-order valence-electron chi connectivity index (χ0n) is 13.5. The van der Waals surface area contributed by atoms with Crippen LogP contribution in [0.15, 0.2) is 36.5 Å². The Balaban J connectivity index is 1.92. The summed E-state index contributed by atoms with van der Waals surface area (Å²) >= 11 is 0. The number of nitrogens with zero attached hydrogens (tertiary/aromatic N) is 3. The Kier molecular flexibility index (Phi) is 6.01. The summed E-state index contributed by atoms with van der Waals surface area (Å²) in [6, 6.07) is 10.0. The van der Waals surface area contributed by atoms with E-state index in [-0.39, 0.29) is 0 Å². The second-order valence-electron chi connectivity index (χ2n) is 4.94. The highest BCUT2D eigenvalue weighted by molar-refractivity contribution is 5.41. The van der Waals surface area contributed by atoms with Crippen LogP contribution in [-0.2, 0) is 6.42 Å². The molecule has 0 amide bonds. The van der Waals surface area contributed by atoms with Gasteiger partial charge in [0.15, 0.2) is 0 Å². The molecule has 5 heteroatoms. The molecule has 0 atom stereocenters. The number of hydrogen-bond donors (Lipinski definition) is 1. The number of nitrogens with one attached hydrogen (secondary N) is 1. The maximum absolute atomic E-state index is 5.24. The fourth-order valence-corrected chi connectivity index (χ4v) is 2.27. The molecule has 0 aliphatic heterocycles. The van der Waals surface area contributed by atoms with Crippen LogP contribution < -0.4 is 15.0 Å². The van der Waals surface area contributed by atoms with E-state index in [9.17, 15) is 0 Å². The summed E-state index contributed by atoms with van der Waals surface area (Å²) in [6.07, 6.45) is 2.72. The SMILES string of the molecule is CCN(CC)c1nccc(NCCc2cccc(OC)c2)n1. The number of benzene rings is 1. The van der Waals surface area contributed by atoms with Crippen LogP contribution in [0.1, 0.15) is 19.4 Å². The monoisotopic (exact) mass is 300 g/mol. The third-order valence-corrected chi connectivity index (χ3v) is 3.54. The normalized spacial score (nSPS) is 10.3. The van der Waals surface area contributed by atoms with Crippen molar-refractivity contribution >= 4 is 11.8 Å². The van der Waals surface area contributed by atoms with E-state index >= 15 is 0 Å². The van der Waals surface area contributed by atoms with Gasteiger partial charge in [0.2, 0.25) is 5.95 Å². The van der Waals surface area contributed by atoms with E-state index in [4.69, 9.17) is 4.74 Å². The highest BCUT2D eigenvalue weighted by Gasteiger charge is 2.05. The molecule has 1 aromatic heterocycles. The van der Waals surface area contributed by atoms with E-state index in [1.54, 1.807) is 13.3 Å². The van der Waals surface area contributed by atoms with E-state index in [2.05, 4.69) is 46.2 Å². The van der Waals surface area contributed by atoms with E-state index < -0.39 is 0 Å². The van der Waals surface area contributed by atoms with Crippen molar-refractivity contribution in [1.29, 1.82) is 0 Å². The van der Waals surface area contributed by atoms with Crippen LogP contribution in [0.4, 0.5) is 11.8 Å². The lowest BCUT2D eigenvalue weighted by molar-refractivity contribution is 0.414. The molecule has 0 saturated carbocycles. The van der Waals surface area contributed by atoms with E-state index in [1.165, 1.54) is 5.56 Å². The van der Waals surface area contributed by atoms with Crippen molar-refractivity contribution in [3.8, 4) is 5.75 Å². The largest absolute Gasteiger partial charge is 0.497 e. The Morgan fingerprint density at radius 2 is 2.00 bits per heavy atom. The molecule has 0 spiro atoms. The Hall–Kier alpha value is -2.30. The Morgan fingerprint density at radius 1 is 1.18 bits per heavy atom. The van der Waals surface area contributed by atoms with E-state index in [0.29, 0.717) is 0 Å². The number of methoxy groups -OCH3 is 1. The number of anilines is 2. The van der Waals surface area contributed by atoms with Gasteiger partial charge in [-0.3, -0.25) is 0 Å². The van der Waals surface area contributed by atoms with Crippen molar-refractivity contribution in [2.24, 2.45) is 0 Å². The molecule has 2 aromatic rings. The smallest absolute Gasteiger partial charge is 0.227 e. The second-order valence-corrected chi connectivity index (χ2v) is 4.94. The summed E-state index contributed by atoms with van der Waals surface area (Å²) in [6.45, 7) is 6.85. The third-order valence-electron chi connectivity index (χ3n) is 3.54. The summed E-state index contributed by atoms with van der Waals surface area (Å²) in [5, 5.41) is 3.36. The highest BCUT2D eigenvalue weighted by atomic mass is 16.5. The number of ether oxygens (including phenoxy) is 1. The predicted molar refractivity (Wildman–Crippen MR) is 90.8 cm³/mol. The number of aromatic nitrogens is 2. The molecule has 0 bridgehead atoms. The molecule has 2 rings (SSSR count). The predicted octanol–water partition coefficient (Wildman–Crippen LogP) is 2.99. The summed E-state index contributed by atoms with van der Waals surface area (Å²) in [5.74, 6) is 2.53. The maximum atomic E-state index is 5.24. The lowest BCUT2D eigenvalue weighted by Gasteiger charge is -2.18. The summed E-state index contributed by atoms with van der Waals surface area (Å²) in [5.41, 5.74) is 1.24. The molecule has 1 N–H and O–H groups in total. The first kappa shape index (κ1) is 16.1. The first-order valence-corrected chi connectivity index (χ1v) is 7.71. The van der Waals surface area contributed by atoms with Gasteiger partial charge in [-0.05, 0) is 44.0 Å². The van der Waals surface area contributed by atoms with Crippen LogP contribution in [0.25, 0.3) is 0 Å². The minimum Gasteiger partial charge on any atom is -0.497 e. The fourth-order valence-electron chi connectivity index (χ4n) is 2.27. The molecule has 1 aromatic carbocycles. The summed E-state index contributed by atoms with van der Waals surface area (Å²) in [7, 11) is 1.69. The lowest BCUT2D eigenvalue weighted by Crippen LogP contribution is -2.24. The summed E-state index contributed by atoms with van der Waals surface area (Å²) < 4.78 is 5.24. The molecule has 5 nitrogen and oxygen atoms in total. The lowest BCUT2D eigenvalue weighted by atomic mass is 10.1. The van der Waals surface area contributed by atoms with Gasteiger partial charge in [0.05, 0.1) is 7.11 Å².